The van der Waals surface area contributed by atoms with Crippen LogP contribution in [0.5, 0.6) is 11.5 Å². The van der Waals surface area contributed by atoms with Crippen molar-refractivity contribution in [2.75, 3.05) is 26.2 Å². The normalized spacial score (nSPS) is 11.3. The Morgan fingerprint density at radius 1 is 1.00 bits per heavy atom. The Morgan fingerprint density at radius 2 is 1.68 bits per heavy atom. The molecule has 0 spiro atoms. The first-order valence-electron chi connectivity index (χ1n) is 14.1. The van der Waals surface area contributed by atoms with Crippen LogP contribution in [0.3, 0.4) is 0 Å². The number of aromatic hydroxyl groups is 1. The summed E-state index contributed by atoms with van der Waals surface area (Å²) in [5.74, 6) is 1.03. The average Bonchev–Trinajstić information content (AvgIpc) is 3.43. The third kappa shape index (κ3) is 7.23. The van der Waals surface area contributed by atoms with Crippen LogP contribution in [-0.4, -0.2) is 61.3 Å². The van der Waals surface area contributed by atoms with E-state index in [4.69, 9.17) is 4.74 Å². The Balaban J connectivity index is 1.34. The van der Waals surface area contributed by atoms with Crippen molar-refractivity contribution in [2.24, 2.45) is 0 Å². The maximum Gasteiger partial charge on any atom is 0.332 e. The van der Waals surface area contributed by atoms with Crippen molar-refractivity contribution in [2.45, 2.75) is 53.2 Å². The van der Waals surface area contributed by atoms with E-state index in [-0.39, 0.29) is 29.5 Å². The first-order chi connectivity index (χ1) is 19.8. The minimum Gasteiger partial charge on any atom is -0.508 e. The number of carbonyl (C=O) groups is 1. The number of ether oxygens (including phenoxy) is 1. The number of carbonyl (C=O) groups excluding carboxylic acids is 1. The second-order valence-corrected chi connectivity index (χ2v) is 9.87. The van der Waals surface area contributed by atoms with Gasteiger partial charge >= 0.3 is 5.69 Å². The van der Waals surface area contributed by atoms with Gasteiger partial charge in [-0.3, -0.25) is 23.6 Å². The first kappa shape index (κ1) is 29.6. The molecule has 11 heteroatoms. The molecule has 4 aromatic rings. The molecule has 4 rings (SSSR count). The highest BCUT2D eigenvalue weighted by molar-refractivity contribution is 5.77. The number of likely N-dealkylation sites (N-methyl/N-ethyl adjacent to an activating group) is 1. The van der Waals surface area contributed by atoms with Crippen LogP contribution >= 0.6 is 0 Å². The lowest BCUT2D eigenvalue weighted by Gasteiger charge is -2.20. The molecule has 0 aliphatic carbocycles. The topological polar surface area (TPSA) is 134 Å². The SMILES string of the molecule is CCCn1c(=O)c2[nH]c(-c3ccc(OCC(=O)NCCN(CC)Cc4ccc(O)cc4)cc3)nc2n(CCC)c1=O. The molecule has 0 aliphatic heterocycles. The fraction of sp³-hybridized carbons (Fsp3) is 0.400. The van der Waals surface area contributed by atoms with Gasteiger partial charge in [-0.2, -0.15) is 0 Å². The van der Waals surface area contributed by atoms with Crippen LogP contribution < -0.4 is 21.3 Å². The van der Waals surface area contributed by atoms with E-state index in [1.807, 2.05) is 26.0 Å². The maximum atomic E-state index is 13.0. The van der Waals surface area contributed by atoms with E-state index >= 15 is 0 Å². The summed E-state index contributed by atoms with van der Waals surface area (Å²) in [5.41, 5.74) is 1.77. The van der Waals surface area contributed by atoms with Crippen molar-refractivity contribution in [1.29, 1.82) is 0 Å². The predicted octanol–water partition coefficient (Wildman–Crippen LogP) is 3.10. The molecule has 1 amide bonds. The lowest BCUT2D eigenvalue weighted by Crippen LogP contribution is -2.40. The van der Waals surface area contributed by atoms with Gasteiger partial charge in [-0.15, -0.1) is 0 Å². The van der Waals surface area contributed by atoms with E-state index < -0.39 is 0 Å². The molecule has 2 aromatic heterocycles. The van der Waals surface area contributed by atoms with Crippen LogP contribution in [0.25, 0.3) is 22.6 Å². The summed E-state index contributed by atoms with van der Waals surface area (Å²) in [6.45, 7) is 9.39. The third-order valence-corrected chi connectivity index (χ3v) is 6.79. The molecule has 41 heavy (non-hydrogen) atoms. The molecule has 3 N–H and O–H groups in total. The Kier molecular flexibility index (Phi) is 9.96. The molecule has 0 saturated carbocycles. The zero-order valence-corrected chi connectivity index (χ0v) is 23.9. The summed E-state index contributed by atoms with van der Waals surface area (Å²) < 4.78 is 8.47. The monoisotopic (exact) mass is 562 g/mol. The molecule has 2 aromatic carbocycles. The number of amides is 1. The number of fused-ring (bicyclic) bond motifs is 1. The van der Waals surface area contributed by atoms with Gasteiger partial charge in [0.15, 0.2) is 12.3 Å². The number of hydrogen-bond acceptors (Lipinski definition) is 7. The summed E-state index contributed by atoms with van der Waals surface area (Å²) in [6, 6.07) is 14.2. The quantitative estimate of drug-likeness (QED) is 0.215. The van der Waals surface area contributed by atoms with Gasteiger partial charge in [-0.05, 0) is 61.3 Å². The van der Waals surface area contributed by atoms with Crippen LogP contribution in [0, 0.1) is 0 Å². The zero-order valence-electron chi connectivity index (χ0n) is 23.9. The number of benzene rings is 2. The van der Waals surface area contributed by atoms with Gasteiger partial charge in [-0.25, -0.2) is 9.78 Å². The van der Waals surface area contributed by atoms with E-state index in [1.165, 1.54) is 4.57 Å². The molecule has 0 radical (unpaired) electrons. The molecular weight excluding hydrogens is 524 g/mol. The van der Waals surface area contributed by atoms with Crippen LogP contribution in [0.4, 0.5) is 0 Å². The maximum absolute atomic E-state index is 13.0. The van der Waals surface area contributed by atoms with Crippen LogP contribution in [-0.2, 0) is 24.4 Å². The third-order valence-electron chi connectivity index (χ3n) is 6.79. The van der Waals surface area contributed by atoms with Crippen molar-refractivity contribution in [3.63, 3.8) is 0 Å². The summed E-state index contributed by atoms with van der Waals surface area (Å²) >= 11 is 0. The lowest BCUT2D eigenvalue weighted by atomic mass is 10.2. The fourth-order valence-electron chi connectivity index (χ4n) is 4.62. The lowest BCUT2D eigenvalue weighted by molar-refractivity contribution is -0.123. The Bertz CT molecular complexity index is 1570. The standard InChI is InChI=1S/C30H38N6O5/c1-4-16-35-28-26(29(39)36(17-5-2)30(35)40)32-27(33-28)22-9-13-24(14-10-22)41-20-25(38)31-15-18-34(6-3)19-21-7-11-23(37)12-8-21/h7-14,37H,4-6,15-20H2,1-3H3,(H,31,38)(H,32,33). The first-order valence-corrected chi connectivity index (χ1v) is 14.1. The number of aromatic amines is 1. The van der Waals surface area contributed by atoms with Crippen LogP contribution in [0.15, 0.2) is 58.1 Å². The molecule has 0 fully saturated rings. The average molecular weight is 563 g/mol. The Labute approximate surface area is 238 Å². The molecule has 11 nitrogen and oxygen atoms in total. The molecule has 0 bridgehead atoms. The Morgan fingerprint density at radius 3 is 2.34 bits per heavy atom. The zero-order chi connectivity index (χ0) is 29.4. The van der Waals surface area contributed by atoms with Crippen LogP contribution in [0.2, 0.25) is 0 Å². The highest BCUT2D eigenvalue weighted by atomic mass is 16.5. The van der Waals surface area contributed by atoms with E-state index in [0.29, 0.717) is 55.3 Å². The molecule has 0 aliphatic rings. The van der Waals surface area contributed by atoms with Crippen molar-refractivity contribution in [3.05, 3.63) is 74.9 Å². The van der Waals surface area contributed by atoms with E-state index in [1.54, 1.807) is 41.0 Å². The predicted molar refractivity (Wildman–Crippen MR) is 158 cm³/mol. The number of nitrogens with zero attached hydrogens (tertiary/aromatic N) is 4. The summed E-state index contributed by atoms with van der Waals surface area (Å²) in [4.78, 5) is 48.1. The number of rotatable bonds is 14. The highest BCUT2D eigenvalue weighted by Gasteiger charge is 2.17. The number of aromatic nitrogens is 4. The van der Waals surface area contributed by atoms with Gasteiger partial charge < -0.3 is 20.1 Å². The highest BCUT2D eigenvalue weighted by Crippen LogP contribution is 2.22. The van der Waals surface area contributed by atoms with Crippen molar-refractivity contribution < 1.29 is 14.6 Å². The summed E-state index contributed by atoms with van der Waals surface area (Å²) in [5, 5.41) is 12.3. The number of phenols is 1. The molecule has 218 valence electrons. The van der Waals surface area contributed by atoms with E-state index in [0.717, 1.165) is 30.6 Å². The Hall–Kier alpha value is -4.38. The number of imidazole rings is 1. The molecule has 0 unspecified atom stereocenters. The van der Waals surface area contributed by atoms with Crippen LogP contribution in [0.1, 0.15) is 39.2 Å². The van der Waals surface area contributed by atoms with E-state index in [2.05, 4.69) is 27.1 Å². The molecule has 0 atom stereocenters. The molecule has 0 saturated heterocycles. The van der Waals surface area contributed by atoms with Gasteiger partial charge in [0.25, 0.3) is 11.5 Å². The minimum atomic E-state index is -0.369. The van der Waals surface area contributed by atoms with Crippen molar-refractivity contribution in [1.82, 2.24) is 29.3 Å². The second-order valence-electron chi connectivity index (χ2n) is 9.87. The van der Waals surface area contributed by atoms with Crippen molar-refractivity contribution in [3.8, 4) is 22.9 Å². The van der Waals surface area contributed by atoms with Gasteiger partial charge in [0.1, 0.15) is 22.8 Å². The van der Waals surface area contributed by atoms with Gasteiger partial charge in [-0.1, -0.05) is 32.9 Å². The van der Waals surface area contributed by atoms with Gasteiger partial charge in [0.05, 0.1) is 0 Å². The number of aryl methyl sites for hydroxylation is 1. The second kappa shape index (κ2) is 13.8. The minimum absolute atomic E-state index is 0.117. The fourth-order valence-corrected chi connectivity index (χ4v) is 4.62. The smallest absolute Gasteiger partial charge is 0.332 e. The number of nitrogens with one attached hydrogen (secondary N) is 2. The largest absolute Gasteiger partial charge is 0.508 e. The van der Waals surface area contributed by atoms with Crippen molar-refractivity contribution >= 4 is 17.1 Å². The molecular formula is C30H38N6O5. The molecule has 2 heterocycles. The number of H-pyrrole nitrogens is 1. The number of phenolic OH excluding ortho intramolecular Hbond substituents is 1. The summed E-state index contributed by atoms with van der Waals surface area (Å²) in [7, 11) is 0. The van der Waals surface area contributed by atoms with Gasteiger partial charge in [0.2, 0.25) is 0 Å². The van der Waals surface area contributed by atoms with E-state index in [9.17, 15) is 19.5 Å². The summed E-state index contributed by atoms with van der Waals surface area (Å²) in [6.07, 6.45) is 1.41. The number of hydrogen-bond donors (Lipinski definition) is 3. The van der Waals surface area contributed by atoms with Gasteiger partial charge in [0, 0.05) is 38.3 Å².